The van der Waals surface area contributed by atoms with Gasteiger partial charge >= 0.3 is 0 Å². The van der Waals surface area contributed by atoms with Crippen LogP contribution in [-0.4, -0.2) is 34.6 Å². The van der Waals surface area contributed by atoms with Crippen LogP contribution in [0.4, 0.5) is 5.69 Å². The summed E-state index contributed by atoms with van der Waals surface area (Å²) in [5.74, 6) is 0. The third-order valence-electron chi connectivity index (χ3n) is 4.12. The number of hydrogen-bond acceptors (Lipinski definition) is 4. The molecule has 0 saturated carbocycles. The molecule has 0 amide bonds. The summed E-state index contributed by atoms with van der Waals surface area (Å²) in [7, 11) is 0. The van der Waals surface area contributed by atoms with Crippen molar-refractivity contribution >= 4 is 5.69 Å². The standard InChI is InChI=1S/C15H22N2O3/c1-12-4-5-13(8-14(12)17(19)20)9-16-7-3-6-15(2,10-16)11-18/h4-5,8,18H,3,6-7,9-11H2,1-2H3. The SMILES string of the molecule is Cc1ccc(CN2CCCC(C)(CO)C2)cc1[N+](=O)[O-]. The third-order valence-corrected chi connectivity index (χ3v) is 4.12. The monoisotopic (exact) mass is 278 g/mol. The predicted molar refractivity (Wildman–Crippen MR) is 77.5 cm³/mol. The second-order valence-corrected chi connectivity index (χ2v) is 6.16. The van der Waals surface area contributed by atoms with E-state index in [1.54, 1.807) is 13.0 Å². The molecule has 5 nitrogen and oxygen atoms in total. The molecule has 1 aliphatic heterocycles. The predicted octanol–water partition coefficient (Wildman–Crippen LogP) is 2.50. The van der Waals surface area contributed by atoms with Gasteiger partial charge in [-0.3, -0.25) is 15.0 Å². The number of likely N-dealkylation sites (tertiary alicyclic amines) is 1. The maximum Gasteiger partial charge on any atom is 0.272 e. The van der Waals surface area contributed by atoms with Gasteiger partial charge in [0.15, 0.2) is 0 Å². The Labute approximate surface area is 119 Å². The summed E-state index contributed by atoms with van der Waals surface area (Å²) in [4.78, 5) is 12.9. The molecule has 0 aliphatic carbocycles. The fourth-order valence-corrected chi connectivity index (χ4v) is 2.90. The Bertz CT molecular complexity index is 504. The van der Waals surface area contributed by atoms with Gasteiger partial charge in [0.05, 0.1) is 4.92 Å². The van der Waals surface area contributed by atoms with Crippen LogP contribution in [0.1, 0.15) is 30.9 Å². The van der Waals surface area contributed by atoms with Gasteiger partial charge < -0.3 is 5.11 Å². The molecule has 0 aromatic heterocycles. The van der Waals surface area contributed by atoms with E-state index in [1.165, 1.54) is 0 Å². The highest BCUT2D eigenvalue weighted by molar-refractivity contribution is 5.42. The van der Waals surface area contributed by atoms with Gasteiger partial charge in [0.25, 0.3) is 5.69 Å². The van der Waals surface area contributed by atoms with E-state index in [4.69, 9.17) is 0 Å². The highest BCUT2D eigenvalue weighted by atomic mass is 16.6. The van der Waals surface area contributed by atoms with Crippen LogP contribution in [0.3, 0.4) is 0 Å². The molecule has 2 rings (SSSR count). The zero-order chi connectivity index (χ0) is 14.8. The Kier molecular flexibility index (Phi) is 4.40. The molecule has 0 bridgehead atoms. The lowest BCUT2D eigenvalue weighted by molar-refractivity contribution is -0.385. The number of benzene rings is 1. The fourth-order valence-electron chi connectivity index (χ4n) is 2.90. The van der Waals surface area contributed by atoms with Gasteiger partial charge in [0.2, 0.25) is 0 Å². The first-order valence-corrected chi connectivity index (χ1v) is 7.01. The van der Waals surface area contributed by atoms with E-state index in [9.17, 15) is 15.2 Å². The molecule has 1 aromatic carbocycles. The van der Waals surface area contributed by atoms with Gasteiger partial charge in [-0.1, -0.05) is 19.1 Å². The van der Waals surface area contributed by atoms with Gasteiger partial charge in [-0.05, 0) is 31.9 Å². The number of aliphatic hydroxyl groups excluding tert-OH is 1. The molecule has 1 aromatic rings. The van der Waals surface area contributed by atoms with Gasteiger partial charge in [-0.2, -0.15) is 0 Å². The minimum Gasteiger partial charge on any atom is -0.396 e. The number of nitro benzene ring substituents is 1. The van der Waals surface area contributed by atoms with E-state index in [0.717, 1.165) is 31.5 Å². The van der Waals surface area contributed by atoms with Crippen molar-refractivity contribution in [1.82, 2.24) is 4.90 Å². The summed E-state index contributed by atoms with van der Waals surface area (Å²) in [6, 6.07) is 5.43. The molecule has 1 fully saturated rings. The molecule has 1 atom stereocenters. The number of aryl methyl sites for hydroxylation is 1. The Morgan fingerprint density at radius 1 is 1.50 bits per heavy atom. The molecular formula is C15H22N2O3. The molecule has 110 valence electrons. The lowest BCUT2D eigenvalue weighted by atomic mass is 9.82. The number of aliphatic hydroxyl groups is 1. The van der Waals surface area contributed by atoms with Crippen molar-refractivity contribution < 1.29 is 10.0 Å². The van der Waals surface area contributed by atoms with Crippen LogP contribution in [0.15, 0.2) is 18.2 Å². The van der Waals surface area contributed by atoms with E-state index in [2.05, 4.69) is 11.8 Å². The number of piperidine rings is 1. The van der Waals surface area contributed by atoms with E-state index >= 15 is 0 Å². The Hall–Kier alpha value is -1.46. The lowest BCUT2D eigenvalue weighted by Crippen LogP contribution is -2.43. The van der Waals surface area contributed by atoms with Crippen LogP contribution in [-0.2, 0) is 6.54 Å². The van der Waals surface area contributed by atoms with Gasteiger partial charge in [-0.25, -0.2) is 0 Å². The summed E-state index contributed by atoms with van der Waals surface area (Å²) in [6.45, 7) is 6.57. The average molecular weight is 278 g/mol. The Morgan fingerprint density at radius 2 is 2.25 bits per heavy atom. The molecule has 0 spiro atoms. The summed E-state index contributed by atoms with van der Waals surface area (Å²) in [5.41, 5.74) is 1.79. The molecule has 1 heterocycles. The van der Waals surface area contributed by atoms with E-state index < -0.39 is 0 Å². The molecule has 1 aliphatic rings. The molecule has 1 unspecified atom stereocenters. The fraction of sp³-hybridized carbons (Fsp3) is 0.600. The summed E-state index contributed by atoms with van der Waals surface area (Å²) >= 11 is 0. The smallest absolute Gasteiger partial charge is 0.272 e. The van der Waals surface area contributed by atoms with Crippen molar-refractivity contribution in [2.45, 2.75) is 33.2 Å². The van der Waals surface area contributed by atoms with Gasteiger partial charge in [0.1, 0.15) is 0 Å². The van der Waals surface area contributed by atoms with Crippen molar-refractivity contribution in [3.8, 4) is 0 Å². The van der Waals surface area contributed by atoms with Crippen LogP contribution in [0, 0.1) is 22.5 Å². The first-order valence-electron chi connectivity index (χ1n) is 7.01. The van der Waals surface area contributed by atoms with Gasteiger partial charge in [0, 0.05) is 36.7 Å². The van der Waals surface area contributed by atoms with Crippen LogP contribution in [0.25, 0.3) is 0 Å². The first-order chi connectivity index (χ1) is 9.43. The van der Waals surface area contributed by atoms with Crippen molar-refractivity contribution in [2.75, 3.05) is 19.7 Å². The minimum atomic E-state index is -0.327. The molecule has 20 heavy (non-hydrogen) atoms. The van der Waals surface area contributed by atoms with E-state index in [1.807, 2.05) is 12.1 Å². The van der Waals surface area contributed by atoms with E-state index in [-0.39, 0.29) is 22.6 Å². The number of hydrogen-bond donors (Lipinski definition) is 1. The van der Waals surface area contributed by atoms with Crippen LogP contribution in [0.2, 0.25) is 0 Å². The van der Waals surface area contributed by atoms with Crippen molar-refractivity contribution in [3.63, 3.8) is 0 Å². The normalized spacial score (nSPS) is 23.8. The summed E-state index contributed by atoms with van der Waals surface area (Å²) in [6.07, 6.45) is 2.10. The van der Waals surface area contributed by atoms with Crippen molar-refractivity contribution in [2.24, 2.45) is 5.41 Å². The Balaban J connectivity index is 2.10. The number of rotatable bonds is 4. The van der Waals surface area contributed by atoms with Crippen LogP contribution < -0.4 is 0 Å². The number of nitrogens with zero attached hydrogens (tertiary/aromatic N) is 2. The molecule has 1 saturated heterocycles. The molecule has 5 heteroatoms. The second kappa shape index (κ2) is 5.89. The van der Waals surface area contributed by atoms with Gasteiger partial charge in [-0.15, -0.1) is 0 Å². The topological polar surface area (TPSA) is 66.6 Å². The van der Waals surface area contributed by atoms with Crippen LogP contribution >= 0.6 is 0 Å². The first kappa shape index (κ1) is 14.9. The van der Waals surface area contributed by atoms with Crippen LogP contribution in [0.5, 0.6) is 0 Å². The maximum absolute atomic E-state index is 11.0. The Morgan fingerprint density at radius 3 is 2.90 bits per heavy atom. The summed E-state index contributed by atoms with van der Waals surface area (Å²) in [5, 5.41) is 20.4. The average Bonchev–Trinajstić information content (AvgIpc) is 2.41. The largest absolute Gasteiger partial charge is 0.396 e. The van der Waals surface area contributed by atoms with E-state index in [0.29, 0.717) is 12.1 Å². The number of nitro groups is 1. The minimum absolute atomic E-state index is 0.0467. The second-order valence-electron chi connectivity index (χ2n) is 6.16. The molecule has 0 radical (unpaired) electrons. The highest BCUT2D eigenvalue weighted by Crippen LogP contribution is 2.30. The van der Waals surface area contributed by atoms with Crippen molar-refractivity contribution in [3.05, 3.63) is 39.4 Å². The maximum atomic E-state index is 11.0. The zero-order valence-electron chi connectivity index (χ0n) is 12.1. The van der Waals surface area contributed by atoms with Crippen molar-refractivity contribution in [1.29, 1.82) is 0 Å². The molecular weight excluding hydrogens is 256 g/mol. The highest BCUT2D eigenvalue weighted by Gasteiger charge is 2.30. The zero-order valence-corrected chi connectivity index (χ0v) is 12.1. The lowest BCUT2D eigenvalue weighted by Gasteiger charge is -2.39. The summed E-state index contributed by atoms with van der Waals surface area (Å²) < 4.78 is 0. The quantitative estimate of drug-likeness (QED) is 0.679. The third kappa shape index (κ3) is 3.35. The molecule has 1 N–H and O–H groups in total.